The van der Waals surface area contributed by atoms with Crippen molar-refractivity contribution in [2.24, 2.45) is 5.73 Å². The Kier molecular flexibility index (Phi) is 2.65. The predicted molar refractivity (Wildman–Crippen MR) is 68.4 cm³/mol. The molecule has 88 valence electrons. The summed E-state index contributed by atoms with van der Waals surface area (Å²) in [4.78, 5) is 0. The number of benzene rings is 1. The largest absolute Gasteiger partial charge is 0.326 e. The van der Waals surface area contributed by atoms with Crippen molar-refractivity contribution in [3.05, 3.63) is 46.7 Å². The molecule has 1 aromatic carbocycles. The van der Waals surface area contributed by atoms with E-state index in [4.69, 9.17) is 17.3 Å². The van der Waals surface area contributed by atoms with E-state index >= 15 is 0 Å². The van der Waals surface area contributed by atoms with Gasteiger partial charge in [-0.3, -0.25) is 0 Å². The Morgan fingerprint density at radius 3 is 2.88 bits per heavy atom. The third-order valence-corrected chi connectivity index (χ3v) is 3.50. The molecule has 1 heterocycles. The molecular weight excluding hydrogens is 234 g/mol. The lowest BCUT2D eigenvalue weighted by Gasteiger charge is -2.09. The zero-order valence-electron chi connectivity index (χ0n) is 9.44. The first-order valence-corrected chi connectivity index (χ1v) is 6.21. The fourth-order valence-electron chi connectivity index (χ4n) is 2.03. The Morgan fingerprint density at radius 1 is 1.35 bits per heavy atom. The summed E-state index contributed by atoms with van der Waals surface area (Å²) >= 11 is 6.14. The van der Waals surface area contributed by atoms with Gasteiger partial charge in [0.05, 0.1) is 11.4 Å². The van der Waals surface area contributed by atoms with Crippen LogP contribution in [0.25, 0.3) is 5.69 Å². The van der Waals surface area contributed by atoms with Crippen molar-refractivity contribution in [3.8, 4) is 5.69 Å². The van der Waals surface area contributed by atoms with E-state index in [9.17, 15) is 0 Å². The summed E-state index contributed by atoms with van der Waals surface area (Å²) in [7, 11) is 0. The van der Waals surface area contributed by atoms with Crippen LogP contribution in [0.4, 0.5) is 0 Å². The summed E-state index contributed by atoms with van der Waals surface area (Å²) in [5, 5.41) is 5.30. The number of halogens is 1. The Bertz CT molecular complexity index is 543. The van der Waals surface area contributed by atoms with Gasteiger partial charge in [0.15, 0.2) is 0 Å². The molecule has 2 N–H and O–H groups in total. The third kappa shape index (κ3) is 1.96. The smallest absolute Gasteiger partial charge is 0.0705 e. The van der Waals surface area contributed by atoms with Gasteiger partial charge in [-0.05, 0) is 31.0 Å². The number of nitrogens with two attached hydrogens (primary N) is 1. The first-order valence-electron chi connectivity index (χ1n) is 5.83. The molecule has 0 bridgehead atoms. The van der Waals surface area contributed by atoms with Crippen LogP contribution in [0.15, 0.2) is 30.5 Å². The highest BCUT2D eigenvalue weighted by molar-refractivity contribution is 6.31. The average Bonchev–Trinajstić information content (AvgIpc) is 3.07. The van der Waals surface area contributed by atoms with Gasteiger partial charge < -0.3 is 5.73 Å². The molecule has 3 nitrogen and oxygen atoms in total. The number of hydrogen-bond acceptors (Lipinski definition) is 2. The molecule has 0 unspecified atom stereocenters. The number of nitrogens with zero attached hydrogens (tertiary/aromatic N) is 2. The number of hydrogen-bond donors (Lipinski definition) is 1. The van der Waals surface area contributed by atoms with Crippen LogP contribution in [0.2, 0.25) is 5.02 Å². The normalized spacial score (nSPS) is 15.2. The van der Waals surface area contributed by atoms with Crippen molar-refractivity contribution in [1.82, 2.24) is 9.78 Å². The van der Waals surface area contributed by atoms with Crippen molar-refractivity contribution < 1.29 is 0 Å². The van der Waals surface area contributed by atoms with Crippen molar-refractivity contribution in [2.75, 3.05) is 0 Å². The van der Waals surface area contributed by atoms with E-state index < -0.39 is 0 Å². The van der Waals surface area contributed by atoms with Crippen LogP contribution in [-0.2, 0) is 6.54 Å². The van der Waals surface area contributed by atoms with Gasteiger partial charge in [0, 0.05) is 29.2 Å². The summed E-state index contributed by atoms with van der Waals surface area (Å²) in [5.41, 5.74) is 8.84. The molecule has 3 rings (SSSR count). The van der Waals surface area contributed by atoms with E-state index in [1.165, 1.54) is 18.5 Å². The molecule has 2 aromatic rings. The van der Waals surface area contributed by atoms with Crippen molar-refractivity contribution in [3.63, 3.8) is 0 Å². The molecular formula is C13H14ClN3. The highest BCUT2D eigenvalue weighted by Crippen LogP contribution is 2.39. The molecule has 1 aliphatic carbocycles. The molecule has 0 amide bonds. The lowest BCUT2D eigenvalue weighted by molar-refractivity contribution is 0.823. The average molecular weight is 248 g/mol. The standard InChI is InChI=1S/C13H14ClN3/c14-11-2-1-3-13(10(11)8-15)17-7-6-12(16-17)9-4-5-9/h1-3,6-7,9H,4-5,8,15H2. The van der Waals surface area contributed by atoms with E-state index in [2.05, 4.69) is 11.2 Å². The minimum Gasteiger partial charge on any atom is -0.326 e. The first-order chi connectivity index (χ1) is 8.29. The van der Waals surface area contributed by atoms with Gasteiger partial charge in [0.25, 0.3) is 0 Å². The fraction of sp³-hybridized carbons (Fsp3) is 0.308. The Balaban J connectivity index is 2.04. The number of rotatable bonds is 3. The maximum atomic E-state index is 6.14. The molecule has 1 saturated carbocycles. The second-order valence-corrected chi connectivity index (χ2v) is 4.81. The first kappa shape index (κ1) is 10.8. The van der Waals surface area contributed by atoms with E-state index in [0.717, 1.165) is 11.3 Å². The second-order valence-electron chi connectivity index (χ2n) is 4.40. The quantitative estimate of drug-likeness (QED) is 0.907. The van der Waals surface area contributed by atoms with E-state index in [-0.39, 0.29) is 0 Å². The van der Waals surface area contributed by atoms with Crippen molar-refractivity contribution in [2.45, 2.75) is 25.3 Å². The molecule has 0 atom stereocenters. The molecule has 0 aliphatic heterocycles. The SMILES string of the molecule is NCc1c(Cl)cccc1-n1ccc(C2CC2)n1. The maximum absolute atomic E-state index is 6.14. The highest BCUT2D eigenvalue weighted by atomic mass is 35.5. The Hall–Kier alpha value is -1.32. The molecule has 1 aliphatic rings. The van der Waals surface area contributed by atoms with Crippen LogP contribution in [0.5, 0.6) is 0 Å². The van der Waals surface area contributed by atoms with Crippen molar-refractivity contribution in [1.29, 1.82) is 0 Å². The van der Waals surface area contributed by atoms with Gasteiger partial charge in [-0.25, -0.2) is 4.68 Å². The lowest BCUT2D eigenvalue weighted by atomic mass is 10.2. The summed E-state index contributed by atoms with van der Waals surface area (Å²) in [5.74, 6) is 0.664. The topological polar surface area (TPSA) is 43.8 Å². The van der Waals surface area contributed by atoms with E-state index in [1.54, 1.807) is 0 Å². The molecule has 0 radical (unpaired) electrons. The Labute approximate surface area is 105 Å². The second kappa shape index (κ2) is 4.17. The van der Waals surface area contributed by atoms with E-state index in [1.807, 2.05) is 29.1 Å². The number of aromatic nitrogens is 2. The zero-order chi connectivity index (χ0) is 11.8. The summed E-state index contributed by atoms with van der Waals surface area (Å²) in [6.07, 6.45) is 4.51. The van der Waals surface area contributed by atoms with Crippen LogP contribution < -0.4 is 5.73 Å². The van der Waals surface area contributed by atoms with Crippen LogP contribution in [0.1, 0.15) is 30.0 Å². The highest BCUT2D eigenvalue weighted by Gasteiger charge is 2.26. The maximum Gasteiger partial charge on any atom is 0.0705 e. The molecule has 1 fully saturated rings. The van der Waals surface area contributed by atoms with Crippen LogP contribution in [0, 0.1) is 0 Å². The molecule has 1 aromatic heterocycles. The summed E-state index contributed by atoms with van der Waals surface area (Å²) in [6.45, 7) is 0.424. The third-order valence-electron chi connectivity index (χ3n) is 3.15. The molecule has 0 saturated heterocycles. The van der Waals surface area contributed by atoms with Gasteiger partial charge in [0.1, 0.15) is 0 Å². The monoisotopic (exact) mass is 247 g/mol. The van der Waals surface area contributed by atoms with Crippen LogP contribution in [0.3, 0.4) is 0 Å². The van der Waals surface area contributed by atoms with Crippen molar-refractivity contribution >= 4 is 11.6 Å². The zero-order valence-corrected chi connectivity index (χ0v) is 10.2. The minimum absolute atomic E-state index is 0.424. The van der Waals surface area contributed by atoms with Gasteiger partial charge >= 0.3 is 0 Å². The summed E-state index contributed by atoms with van der Waals surface area (Å²) in [6, 6.07) is 7.87. The summed E-state index contributed by atoms with van der Waals surface area (Å²) < 4.78 is 1.88. The van der Waals surface area contributed by atoms with Gasteiger partial charge in [-0.15, -0.1) is 0 Å². The molecule has 17 heavy (non-hydrogen) atoms. The predicted octanol–water partition coefficient (Wildman–Crippen LogP) is 2.86. The van der Waals surface area contributed by atoms with Gasteiger partial charge in [-0.1, -0.05) is 17.7 Å². The Morgan fingerprint density at radius 2 is 2.18 bits per heavy atom. The van der Waals surface area contributed by atoms with Gasteiger partial charge in [-0.2, -0.15) is 5.10 Å². The molecule has 0 spiro atoms. The van der Waals surface area contributed by atoms with E-state index in [0.29, 0.717) is 17.5 Å². The lowest BCUT2D eigenvalue weighted by Crippen LogP contribution is -2.06. The van der Waals surface area contributed by atoms with Crippen LogP contribution >= 0.6 is 11.6 Å². The van der Waals surface area contributed by atoms with Crippen LogP contribution in [-0.4, -0.2) is 9.78 Å². The van der Waals surface area contributed by atoms with Gasteiger partial charge in [0.2, 0.25) is 0 Å². The molecule has 4 heteroatoms. The minimum atomic E-state index is 0.424. The fourth-order valence-corrected chi connectivity index (χ4v) is 2.28.